The fourth-order valence-electron chi connectivity index (χ4n) is 2.87. The van der Waals surface area contributed by atoms with Crippen LogP contribution in [0.3, 0.4) is 0 Å². The summed E-state index contributed by atoms with van der Waals surface area (Å²) >= 11 is 2.01. The number of fused-ring (bicyclic) bond motifs is 1. The van der Waals surface area contributed by atoms with Crippen molar-refractivity contribution in [1.29, 1.82) is 0 Å². The molecule has 0 bridgehead atoms. The van der Waals surface area contributed by atoms with Crippen LogP contribution in [0.5, 0.6) is 0 Å². The van der Waals surface area contributed by atoms with E-state index in [1.54, 1.807) is 10.4 Å². The summed E-state index contributed by atoms with van der Waals surface area (Å²) in [6.07, 6.45) is 10.2. The summed E-state index contributed by atoms with van der Waals surface area (Å²) in [5.74, 6) is 1.15. The molecule has 108 valence electrons. The van der Waals surface area contributed by atoms with Gasteiger partial charge in [0.25, 0.3) is 0 Å². The molecule has 0 saturated carbocycles. The Hall–Kier alpha value is -1.13. The van der Waals surface area contributed by atoms with Gasteiger partial charge in [-0.25, -0.2) is 4.98 Å². The average Bonchev–Trinajstić information content (AvgIpc) is 3.05. The van der Waals surface area contributed by atoms with E-state index < -0.39 is 0 Å². The number of nitrogens with one attached hydrogen (secondary N) is 1. The van der Waals surface area contributed by atoms with Crippen LogP contribution in [0.1, 0.15) is 46.9 Å². The van der Waals surface area contributed by atoms with Gasteiger partial charge in [0.05, 0.1) is 0 Å². The van der Waals surface area contributed by atoms with Crippen molar-refractivity contribution >= 4 is 11.3 Å². The highest BCUT2D eigenvalue weighted by Gasteiger charge is 2.16. The molecule has 20 heavy (non-hydrogen) atoms. The van der Waals surface area contributed by atoms with E-state index >= 15 is 0 Å². The first-order chi connectivity index (χ1) is 9.74. The molecular weight excluding hydrogens is 266 g/mol. The van der Waals surface area contributed by atoms with E-state index in [0.29, 0.717) is 6.04 Å². The standard InChI is InChI=1S/C16H23N3S/c1-12(17-8-7-16-18-9-10-19(16)2)15-11-13-5-3-4-6-14(13)20-15/h9-12,17H,3-8H2,1-2H3. The van der Waals surface area contributed by atoms with Gasteiger partial charge in [0.15, 0.2) is 0 Å². The summed E-state index contributed by atoms with van der Waals surface area (Å²) in [5.41, 5.74) is 1.61. The summed E-state index contributed by atoms with van der Waals surface area (Å²) in [6, 6.07) is 2.88. The highest BCUT2D eigenvalue weighted by Crippen LogP contribution is 2.32. The van der Waals surface area contributed by atoms with Crippen molar-refractivity contribution in [3.8, 4) is 0 Å². The smallest absolute Gasteiger partial charge is 0.109 e. The molecule has 0 saturated heterocycles. The molecule has 3 rings (SSSR count). The quantitative estimate of drug-likeness (QED) is 0.915. The molecule has 1 aliphatic rings. The predicted octanol–water partition coefficient (Wildman–Crippen LogP) is 3.25. The Bertz CT molecular complexity index is 547. The summed E-state index contributed by atoms with van der Waals surface area (Å²) < 4.78 is 2.09. The normalized spacial score (nSPS) is 16.1. The minimum absolute atomic E-state index is 0.450. The zero-order valence-corrected chi connectivity index (χ0v) is 13.2. The minimum atomic E-state index is 0.450. The van der Waals surface area contributed by atoms with Gasteiger partial charge >= 0.3 is 0 Å². The van der Waals surface area contributed by atoms with Crippen LogP contribution in [0.15, 0.2) is 18.5 Å². The molecule has 2 aromatic rings. The third-order valence-corrected chi connectivity index (χ3v) is 5.58. The number of aromatic nitrogens is 2. The fraction of sp³-hybridized carbons (Fsp3) is 0.562. The maximum atomic E-state index is 4.36. The molecular formula is C16H23N3S. The van der Waals surface area contributed by atoms with Gasteiger partial charge in [-0.2, -0.15) is 0 Å². The van der Waals surface area contributed by atoms with Crippen molar-refractivity contribution < 1.29 is 0 Å². The van der Waals surface area contributed by atoms with E-state index in [0.717, 1.165) is 18.8 Å². The van der Waals surface area contributed by atoms with Crippen molar-refractivity contribution in [3.63, 3.8) is 0 Å². The Morgan fingerprint density at radius 2 is 2.25 bits per heavy atom. The second-order valence-electron chi connectivity index (χ2n) is 5.68. The second-order valence-corrected chi connectivity index (χ2v) is 6.85. The van der Waals surface area contributed by atoms with E-state index in [1.165, 1.54) is 30.6 Å². The molecule has 1 unspecified atom stereocenters. The Morgan fingerprint density at radius 1 is 1.40 bits per heavy atom. The second kappa shape index (κ2) is 6.10. The number of hydrogen-bond donors (Lipinski definition) is 1. The van der Waals surface area contributed by atoms with Gasteiger partial charge in [0, 0.05) is 48.2 Å². The third-order valence-electron chi connectivity index (χ3n) is 4.16. The summed E-state index contributed by atoms with van der Waals surface area (Å²) in [7, 11) is 2.05. The van der Waals surface area contributed by atoms with Crippen molar-refractivity contribution in [2.75, 3.05) is 6.54 Å². The van der Waals surface area contributed by atoms with Crippen LogP contribution in [0.2, 0.25) is 0 Å². The largest absolute Gasteiger partial charge is 0.338 e. The molecule has 0 aromatic carbocycles. The van der Waals surface area contributed by atoms with E-state index in [1.807, 2.05) is 23.7 Å². The van der Waals surface area contributed by atoms with E-state index in [-0.39, 0.29) is 0 Å². The molecule has 0 radical (unpaired) electrons. The Labute approximate surface area is 125 Å². The molecule has 4 heteroatoms. The monoisotopic (exact) mass is 289 g/mol. The number of aryl methyl sites for hydroxylation is 3. The topological polar surface area (TPSA) is 29.9 Å². The number of thiophene rings is 1. The number of nitrogens with zero attached hydrogens (tertiary/aromatic N) is 2. The summed E-state index contributed by atoms with van der Waals surface area (Å²) in [6.45, 7) is 3.25. The number of imidazole rings is 1. The van der Waals surface area contributed by atoms with E-state index in [9.17, 15) is 0 Å². The molecule has 3 nitrogen and oxygen atoms in total. The van der Waals surface area contributed by atoms with Gasteiger partial charge in [0.1, 0.15) is 5.82 Å². The summed E-state index contributed by atoms with van der Waals surface area (Å²) in [5, 5.41) is 3.63. The highest BCUT2D eigenvalue weighted by molar-refractivity contribution is 7.12. The van der Waals surface area contributed by atoms with Crippen molar-refractivity contribution in [2.45, 2.75) is 45.1 Å². The molecule has 0 amide bonds. The number of rotatable bonds is 5. The Kier molecular flexibility index (Phi) is 4.22. The third kappa shape index (κ3) is 2.96. The van der Waals surface area contributed by atoms with Crippen LogP contribution in [0.4, 0.5) is 0 Å². The van der Waals surface area contributed by atoms with Crippen molar-refractivity contribution in [1.82, 2.24) is 14.9 Å². The lowest BCUT2D eigenvalue weighted by atomic mass is 9.99. The van der Waals surface area contributed by atoms with Crippen LogP contribution < -0.4 is 5.32 Å². The molecule has 0 fully saturated rings. The van der Waals surface area contributed by atoms with Gasteiger partial charge in [-0.1, -0.05) is 0 Å². The van der Waals surface area contributed by atoms with Crippen molar-refractivity contribution in [2.24, 2.45) is 7.05 Å². The zero-order chi connectivity index (χ0) is 13.9. The lowest BCUT2D eigenvalue weighted by Crippen LogP contribution is -2.21. The van der Waals surface area contributed by atoms with Crippen molar-refractivity contribution in [3.05, 3.63) is 39.6 Å². The zero-order valence-electron chi connectivity index (χ0n) is 12.4. The van der Waals surface area contributed by atoms with Gasteiger partial charge in [0.2, 0.25) is 0 Å². The predicted molar refractivity (Wildman–Crippen MR) is 84.3 cm³/mol. The average molecular weight is 289 g/mol. The first-order valence-corrected chi connectivity index (χ1v) is 8.37. The van der Waals surface area contributed by atoms with Crippen LogP contribution >= 0.6 is 11.3 Å². The van der Waals surface area contributed by atoms with Gasteiger partial charge in [-0.05, 0) is 44.2 Å². The van der Waals surface area contributed by atoms with Crippen LogP contribution in [-0.4, -0.2) is 16.1 Å². The lowest BCUT2D eigenvalue weighted by Gasteiger charge is -2.11. The van der Waals surface area contributed by atoms with Crippen LogP contribution in [0.25, 0.3) is 0 Å². The Morgan fingerprint density at radius 3 is 3.00 bits per heavy atom. The molecule has 1 N–H and O–H groups in total. The molecule has 0 aliphatic heterocycles. The van der Waals surface area contributed by atoms with Gasteiger partial charge in [-0.3, -0.25) is 0 Å². The summed E-state index contributed by atoms with van der Waals surface area (Å²) in [4.78, 5) is 7.49. The highest BCUT2D eigenvalue weighted by atomic mass is 32.1. The van der Waals surface area contributed by atoms with E-state index in [4.69, 9.17) is 0 Å². The van der Waals surface area contributed by atoms with Crippen LogP contribution in [-0.2, 0) is 26.3 Å². The molecule has 1 atom stereocenters. The van der Waals surface area contributed by atoms with Gasteiger partial charge in [-0.15, -0.1) is 11.3 Å². The number of hydrogen-bond acceptors (Lipinski definition) is 3. The maximum Gasteiger partial charge on any atom is 0.109 e. The maximum absolute atomic E-state index is 4.36. The van der Waals surface area contributed by atoms with Crippen LogP contribution in [0, 0.1) is 0 Å². The molecule has 0 spiro atoms. The molecule has 2 aromatic heterocycles. The SMILES string of the molecule is CC(NCCc1nccn1C)c1cc2c(s1)CCCC2. The van der Waals surface area contributed by atoms with Gasteiger partial charge < -0.3 is 9.88 Å². The Balaban J connectivity index is 1.55. The minimum Gasteiger partial charge on any atom is -0.338 e. The van der Waals surface area contributed by atoms with E-state index in [2.05, 4.69) is 34.9 Å². The fourth-order valence-corrected chi connectivity index (χ4v) is 4.15. The first kappa shape index (κ1) is 13.8. The first-order valence-electron chi connectivity index (χ1n) is 7.55. The lowest BCUT2D eigenvalue weighted by molar-refractivity contribution is 0.571. The molecule has 2 heterocycles. The molecule has 1 aliphatic carbocycles.